The predicted octanol–water partition coefficient (Wildman–Crippen LogP) is 1.15. The normalized spacial score (nSPS) is 19.5. The molecule has 0 heterocycles. The molecule has 0 aliphatic heterocycles. The van der Waals surface area contributed by atoms with Crippen molar-refractivity contribution in [2.75, 3.05) is 20.6 Å². The molecule has 0 spiro atoms. The van der Waals surface area contributed by atoms with Crippen LogP contribution < -0.4 is 5.73 Å². The lowest BCUT2D eigenvalue weighted by molar-refractivity contribution is 0.386. The monoisotopic (exact) mass is 166 g/mol. The Morgan fingerprint density at radius 1 is 1.58 bits per heavy atom. The Morgan fingerprint density at radius 2 is 2.33 bits per heavy atom. The smallest absolute Gasteiger partial charge is 0.0386 e. The summed E-state index contributed by atoms with van der Waals surface area (Å²) >= 11 is 0. The maximum absolute atomic E-state index is 6.01. The number of hydrogen-bond donors (Lipinski definition) is 1. The van der Waals surface area contributed by atoms with Crippen LogP contribution in [0.1, 0.15) is 12.8 Å². The Bertz CT molecular complexity index is 192. The summed E-state index contributed by atoms with van der Waals surface area (Å²) in [4.78, 5) is 2.13. The van der Waals surface area contributed by atoms with Crippen molar-refractivity contribution >= 4 is 0 Å². The minimum Gasteiger partial charge on any atom is -0.323 e. The highest BCUT2D eigenvalue weighted by atomic mass is 15.1. The number of rotatable bonds is 3. The molecule has 2 heteroatoms. The second-order valence-corrected chi connectivity index (χ2v) is 3.58. The maximum atomic E-state index is 6.01. The summed E-state index contributed by atoms with van der Waals surface area (Å²) in [7, 11) is 4.11. The molecule has 0 saturated heterocycles. The highest BCUT2D eigenvalue weighted by molar-refractivity contribution is 5.22. The summed E-state index contributed by atoms with van der Waals surface area (Å²) in [5.41, 5.74) is 7.39. The molecule has 68 valence electrons. The third kappa shape index (κ3) is 2.80. The van der Waals surface area contributed by atoms with Crippen LogP contribution in [0.15, 0.2) is 23.8 Å². The van der Waals surface area contributed by atoms with E-state index < -0.39 is 0 Å². The molecule has 0 aromatic rings. The van der Waals surface area contributed by atoms with E-state index in [1.165, 1.54) is 5.57 Å². The van der Waals surface area contributed by atoms with E-state index in [2.05, 4.69) is 37.2 Å². The van der Waals surface area contributed by atoms with Crippen molar-refractivity contribution in [2.45, 2.75) is 18.9 Å². The SMILES string of the molecule is CN(C)C[C@@H](N)C1=CC=CCC1. The van der Waals surface area contributed by atoms with Crippen molar-refractivity contribution in [3.8, 4) is 0 Å². The lowest BCUT2D eigenvalue weighted by Crippen LogP contribution is -2.35. The third-order valence-electron chi connectivity index (χ3n) is 2.08. The molecule has 0 bridgehead atoms. The van der Waals surface area contributed by atoms with Gasteiger partial charge in [0.25, 0.3) is 0 Å². The van der Waals surface area contributed by atoms with E-state index in [-0.39, 0.29) is 6.04 Å². The van der Waals surface area contributed by atoms with E-state index in [0.29, 0.717) is 0 Å². The zero-order valence-corrected chi connectivity index (χ0v) is 7.96. The third-order valence-corrected chi connectivity index (χ3v) is 2.08. The molecule has 2 nitrogen and oxygen atoms in total. The standard InChI is InChI=1S/C10H18N2/c1-12(2)8-10(11)9-6-4-3-5-7-9/h3-4,6,10H,5,7-8,11H2,1-2H3/t10-/m1/s1. The van der Waals surface area contributed by atoms with Crippen LogP contribution in [0.4, 0.5) is 0 Å². The van der Waals surface area contributed by atoms with Crippen LogP contribution in [0, 0.1) is 0 Å². The largest absolute Gasteiger partial charge is 0.323 e. The molecule has 2 N–H and O–H groups in total. The molecule has 0 saturated carbocycles. The van der Waals surface area contributed by atoms with E-state index in [0.717, 1.165) is 19.4 Å². The molecule has 0 radical (unpaired) electrons. The summed E-state index contributed by atoms with van der Waals surface area (Å²) in [6.07, 6.45) is 8.72. The fourth-order valence-corrected chi connectivity index (χ4v) is 1.44. The van der Waals surface area contributed by atoms with Gasteiger partial charge in [0.1, 0.15) is 0 Å². The van der Waals surface area contributed by atoms with Crippen LogP contribution in [0.25, 0.3) is 0 Å². The quantitative estimate of drug-likeness (QED) is 0.681. The Kier molecular flexibility index (Phi) is 3.50. The molecule has 0 unspecified atom stereocenters. The van der Waals surface area contributed by atoms with Gasteiger partial charge in [-0.05, 0) is 26.9 Å². The van der Waals surface area contributed by atoms with Crippen LogP contribution in [-0.4, -0.2) is 31.6 Å². The first kappa shape index (κ1) is 9.49. The Labute approximate surface area is 74.7 Å². The second kappa shape index (κ2) is 4.43. The topological polar surface area (TPSA) is 29.3 Å². The Balaban J connectivity index is 2.45. The minimum atomic E-state index is 0.213. The Morgan fingerprint density at radius 3 is 2.83 bits per heavy atom. The van der Waals surface area contributed by atoms with E-state index in [4.69, 9.17) is 5.73 Å². The number of allylic oxidation sites excluding steroid dienone is 3. The van der Waals surface area contributed by atoms with Crippen molar-refractivity contribution in [3.05, 3.63) is 23.8 Å². The molecule has 1 aliphatic rings. The first-order valence-electron chi connectivity index (χ1n) is 4.46. The summed E-state index contributed by atoms with van der Waals surface area (Å²) < 4.78 is 0. The average molecular weight is 166 g/mol. The molecule has 1 aliphatic carbocycles. The van der Waals surface area contributed by atoms with Crippen molar-refractivity contribution in [3.63, 3.8) is 0 Å². The fourth-order valence-electron chi connectivity index (χ4n) is 1.44. The van der Waals surface area contributed by atoms with Crippen LogP contribution in [0.5, 0.6) is 0 Å². The van der Waals surface area contributed by atoms with Gasteiger partial charge in [-0.15, -0.1) is 0 Å². The van der Waals surface area contributed by atoms with Crippen molar-refractivity contribution in [2.24, 2.45) is 5.73 Å². The van der Waals surface area contributed by atoms with Gasteiger partial charge >= 0.3 is 0 Å². The molecule has 0 fully saturated rings. The van der Waals surface area contributed by atoms with Crippen LogP contribution in [-0.2, 0) is 0 Å². The first-order valence-corrected chi connectivity index (χ1v) is 4.46. The van der Waals surface area contributed by atoms with E-state index in [1.807, 2.05) is 0 Å². The van der Waals surface area contributed by atoms with Gasteiger partial charge in [-0.2, -0.15) is 0 Å². The second-order valence-electron chi connectivity index (χ2n) is 3.58. The van der Waals surface area contributed by atoms with E-state index >= 15 is 0 Å². The fraction of sp³-hybridized carbons (Fsp3) is 0.600. The lowest BCUT2D eigenvalue weighted by Gasteiger charge is -2.20. The molecular weight excluding hydrogens is 148 g/mol. The van der Waals surface area contributed by atoms with Crippen LogP contribution in [0.3, 0.4) is 0 Å². The van der Waals surface area contributed by atoms with Crippen LogP contribution in [0.2, 0.25) is 0 Å². The molecular formula is C10H18N2. The number of nitrogens with zero attached hydrogens (tertiary/aromatic N) is 1. The van der Waals surface area contributed by atoms with Gasteiger partial charge in [-0.3, -0.25) is 0 Å². The van der Waals surface area contributed by atoms with Gasteiger partial charge in [-0.25, -0.2) is 0 Å². The predicted molar refractivity (Wildman–Crippen MR) is 53.0 cm³/mol. The molecule has 1 rings (SSSR count). The van der Waals surface area contributed by atoms with Crippen molar-refractivity contribution < 1.29 is 0 Å². The average Bonchev–Trinajstić information content (AvgIpc) is 2.05. The number of likely N-dealkylation sites (N-methyl/N-ethyl adjacent to an activating group) is 1. The summed E-state index contributed by atoms with van der Waals surface area (Å²) in [6.45, 7) is 0.944. The van der Waals surface area contributed by atoms with Crippen molar-refractivity contribution in [1.82, 2.24) is 4.90 Å². The van der Waals surface area contributed by atoms with Crippen molar-refractivity contribution in [1.29, 1.82) is 0 Å². The summed E-state index contributed by atoms with van der Waals surface area (Å²) in [6, 6.07) is 0.213. The van der Waals surface area contributed by atoms with Gasteiger partial charge in [0.2, 0.25) is 0 Å². The molecule has 0 aromatic carbocycles. The highest BCUT2D eigenvalue weighted by Crippen LogP contribution is 2.14. The Hall–Kier alpha value is -0.600. The van der Waals surface area contributed by atoms with Gasteiger partial charge in [0, 0.05) is 12.6 Å². The minimum absolute atomic E-state index is 0.213. The lowest BCUT2D eigenvalue weighted by atomic mass is 9.98. The summed E-state index contributed by atoms with van der Waals surface area (Å²) in [5, 5.41) is 0. The van der Waals surface area contributed by atoms with Gasteiger partial charge in [0.05, 0.1) is 0 Å². The van der Waals surface area contributed by atoms with Gasteiger partial charge < -0.3 is 10.6 Å². The maximum Gasteiger partial charge on any atom is 0.0386 e. The summed E-state index contributed by atoms with van der Waals surface area (Å²) in [5.74, 6) is 0. The molecule has 12 heavy (non-hydrogen) atoms. The van der Waals surface area contributed by atoms with Gasteiger partial charge in [0.15, 0.2) is 0 Å². The zero-order valence-electron chi connectivity index (χ0n) is 7.96. The zero-order chi connectivity index (χ0) is 8.97. The van der Waals surface area contributed by atoms with E-state index in [1.54, 1.807) is 0 Å². The van der Waals surface area contributed by atoms with Gasteiger partial charge in [-0.1, -0.05) is 23.8 Å². The molecule has 1 atom stereocenters. The number of nitrogens with two attached hydrogens (primary N) is 1. The molecule has 0 aromatic heterocycles. The first-order chi connectivity index (χ1) is 5.70. The molecule has 0 amide bonds. The van der Waals surface area contributed by atoms with Crippen LogP contribution >= 0.6 is 0 Å². The highest BCUT2D eigenvalue weighted by Gasteiger charge is 2.10. The number of hydrogen-bond acceptors (Lipinski definition) is 2. The van der Waals surface area contributed by atoms with E-state index in [9.17, 15) is 0 Å².